The van der Waals surface area contributed by atoms with E-state index in [9.17, 15) is 10.0 Å². The Labute approximate surface area is 173 Å². The van der Waals surface area contributed by atoms with Crippen molar-refractivity contribution in [2.75, 3.05) is 26.3 Å². The first-order valence-electron chi connectivity index (χ1n) is 10.0. The second-order valence-corrected chi connectivity index (χ2v) is 7.35. The van der Waals surface area contributed by atoms with Gasteiger partial charge >= 0.3 is 5.97 Å². The minimum absolute atomic E-state index is 0.201. The van der Waals surface area contributed by atoms with Gasteiger partial charge in [-0.3, -0.25) is 10.0 Å². The topological polar surface area (TPSA) is 71.0 Å². The molecule has 2 N–H and O–H groups in total. The summed E-state index contributed by atoms with van der Waals surface area (Å²) in [7, 11) is 0. The van der Waals surface area contributed by atoms with Crippen LogP contribution in [0.1, 0.15) is 32.3 Å². The number of allylic oxidation sites excluding steroid dienone is 3. The maximum atomic E-state index is 11.8. The van der Waals surface area contributed by atoms with Gasteiger partial charge in [0.15, 0.2) is 0 Å². The van der Waals surface area contributed by atoms with Crippen molar-refractivity contribution < 1.29 is 19.5 Å². The van der Waals surface area contributed by atoms with E-state index in [4.69, 9.17) is 9.47 Å². The van der Waals surface area contributed by atoms with Crippen molar-refractivity contribution in [1.29, 1.82) is 0 Å². The fourth-order valence-electron chi connectivity index (χ4n) is 3.05. The zero-order valence-electron chi connectivity index (χ0n) is 17.4. The lowest BCUT2D eigenvalue weighted by molar-refractivity contribution is -0.145. The molecule has 1 atom stereocenters. The molecule has 6 heteroatoms. The Morgan fingerprint density at radius 1 is 1.38 bits per heavy atom. The third-order valence-electron chi connectivity index (χ3n) is 4.72. The average molecular weight is 401 g/mol. The second-order valence-electron chi connectivity index (χ2n) is 7.35. The van der Waals surface area contributed by atoms with Crippen molar-refractivity contribution in [2.45, 2.75) is 33.1 Å². The predicted octanol–water partition coefficient (Wildman–Crippen LogP) is 3.84. The fraction of sp³-hybridized carbons (Fsp3) is 0.435. The Morgan fingerprint density at radius 2 is 2.14 bits per heavy atom. The predicted molar refractivity (Wildman–Crippen MR) is 114 cm³/mol. The fourth-order valence-corrected chi connectivity index (χ4v) is 3.05. The molecule has 1 aromatic carbocycles. The minimum Gasteiger partial charge on any atom is -0.494 e. The summed E-state index contributed by atoms with van der Waals surface area (Å²) in [6, 6.07) is 7.92. The zero-order chi connectivity index (χ0) is 21.1. The van der Waals surface area contributed by atoms with E-state index < -0.39 is 0 Å². The standard InChI is InChI=1S/C23H32N2O4/c1-4-23(3,18-22(26)28-5-2)17-19-10-12-20(13-11-19)29-16-8-14-24-21-9-6-7-15-25(21)27/h4,6-7,9-13,24,27H,1,5,8,14-18H2,2-3H3. The molecule has 0 bridgehead atoms. The van der Waals surface area contributed by atoms with Gasteiger partial charge in [-0.1, -0.05) is 37.3 Å². The van der Waals surface area contributed by atoms with E-state index in [2.05, 4.69) is 11.9 Å². The number of hydroxylamine groups is 2. The van der Waals surface area contributed by atoms with Crippen molar-refractivity contribution in [3.63, 3.8) is 0 Å². The second kappa shape index (κ2) is 11.3. The molecule has 29 heavy (non-hydrogen) atoms. The summed E-state index contributed by atoms with van der Waals surface area (Å²) in [4.78, 5) is 11.8. The summed E-state index contributed by atoms with van der Waals surface area (Å²) < 4.78 is 10.9. The molecule has 1 aromatic rings. The summed E-state index contributed by atoms with van der Waals surface area (Å²) >= 11 is 0. The van der Waals surface area contributed by atoms with Gasteiger partial charge in [0.2, 0.25) is 0 Å². The van der Waals surface area contributed by atoms with Crippen LogP contribution in [0.3, 0.4) is 0 Å². The van der Waals surface area contributed by atoms with Crippen molar-refractivity contribution in [2.24, 2.45) is 5.41 Å². The number of nitrogens with zero attached hydrogens (tertiary/aromatic N) is 1. The highest BCUT2D eigenvalue weighted by Crippen LogP contribution is 2.29. The minimum atomic E-state index is -0.343. The molecule has 0 saturated carbocycles. The Kier molecular flexibility index (Phi) is 8.80. The highest BCUT2D eigenvalue weighted by Gasteiger charge is 2.25. The molecule has 1 unspecified atom stereocenters. The molecule has 1 aliphatic rings. The highest BCUT2D eigenvalue weighted by molar-refractivity contribution is 5.70. The average Bonchev–Trinajstić information content (AvgIpc) is 2.70. The van der Waals surface area contributed by atoms with Crippen LogP contribution in [0.2, 0.25) is 0 Å². The molecule has 0 aliphatic carbocycles. The monoisotopic (exact) mass is 400 g/mol. The Balaban J connectivity index is 1.75. The van der Waals surface area contributed by atoms with Crippen LogP contribution in [0, 0.1) is 5.41 Å². The SMILES string of the molecule is C=CC(C)(CC(=O)OCC)Cc1ccc(OCCCNC2=CC=CCN2O)cc1. The van der Waals surface area contributed by atoms with Crippen LogP contribution >= 0.6 is 0 Å². The number of esters is 1. The van der Waals surface area contributed by atoms with Crippen molar-refractivity contribution in [3.05, 3.63) is 66.5 Å². The van der Waals surface area contributed by atoms with Gasteiger partial charge in [0, 0.05) is 6.54 Å². The van der Waals surface area contributed by atoms with Crippen molar-refractivity contribution >= 4 is 5.97 Å². The summed E-state index contributed by atoms with van der Waals surface area (Å²) in [6.07, 6.45) is 9.29. The van der Waals surface area contributed by atoms with E-state index in [1.807, 2.05) is 62.4 Å². The zero-order valence-corrected chi connectivity index (χ0v) is 17.4. The maximum absolute atomic E-state index is 11.8. The van der Waals surface area contributed by atoms with E-state index in [1.165, 1.54) is 5.06 Å². The summed E-state index contributed by atoms with van der Waals surface area (Å²) in [5.74, 6) is 1.31. The largest absolute Gasteiger partial charge is 0.494 e. The van der Waals surface area contributed by atoms with Gasteiger partial charge in [0.05, 0.1) is 26.2 Å². The Morgan fingerprint density at radius 3 is 2.79 bits per heavy atom. The van der Waals surface area contributed by atoms with Crippen LogP contribution in [-0.2, 0) is 16.0 Å². The molecule has 6 nitrogen and oxygen atoms in total. The number of rotatable bonds is 12. The first kappa shape index (κ1) is 22.6. The smallest absolute Gasteiger partial charge is 0.306 e. The Bertz CT molecular complexity index is 727. The lowest BCUT2D eigenvalue weighted by Gasteiger charge is -2.24. The molecular weight excluding hydrogens is 368 g/mol. The maximum Gasteiger partial charge on any atom is 0.306 e. The number of benzene rings is 1. The summed E-state index contributed by atoms with van der Waals surface area (Å²) in [6.45, 7) is 9.88. The number of carbonyl (C=O) groups excluding carboxylic acids is 1. The summed E-state index contributed by atoms with van der Waals surface area (Å²) in [5.41, 5.74) is 0.773. The van der Waals surface area contributed by atoms with Crippen LogP contribution in [0.4, 0.5) is 0 Å². The Hall–Kier alpha value is -2.73. The van der Waals surface area contributed by atoms with E-state index in [-0.39, 0.29) is 11.4 Å². The van der Waals surface area contributed by atoms with Gasteiger partial charge in [-0.25, -0.2) is 5.06 Å². The molecule has 1 heterocycles. The third kappa shape index (κ3) is 7.66. The first-order valence-corrected chi connectivity index (χ1v) is 10.0. The number of hydrogen-bond acceptors (Lipinski definition) is 6. The van der Waals surface area contributed by atoms with E-state index in [0.717, 1.165) is 17.7 Å². The number of ether oxygens (including phenoxy) is 2. The molecule has 0 spiro atoms. The van der Waals surface area contributed by atoms with Crippen LogP contribution < -0.4 is 10.1 Å². The van der Waals surface area contributed by atoms with Gasteiger partial charge in [-0.05, 0) is 49.0 Å². The first-order chi connectivity index (χ1) is 14.0. The highest BCUT2D eigenvalue weighted by atomic mass is 16.5. The molecule has 2 rings (SSSR count). The van der Waals surface area contributed by atoms with E-state index in [1.54, 1.807) is 0 Å². The third-order valence-corrected chi connectivity index (χ3v) is 4.72. The van der Waals surface area contributed by atoms with Gasteiger partial charge in [-0.2, -0.15) is 0 Å². The van der Waals surface area contributed by atoms with E-state index in [0.29, 0.717) is 45.0 Å². The molecular formula is C23H32N2O4. The van der Waals surface area contributed by atoms with Gasteiger partial charge in [0.1, 0.15) is 11.6 Å². The molecule has 0 saturated heterocycles. The van der Waals surface area contributed by atoms with Gasteiger partial charge < -0.3 is 14.8 Å². The summed E-state index contributed by atoms with van der Waals surface area (Å²) in [5, 5.41) is 14.1. The van der Waals surface area contributed by atoms with Gasteiger partial charge in [-0.15, -0.1) is 6.58 Å². The van der Waals surface area contributed by atoms with Crippen LogP contribution in [0.15, 0.2) is 61.0 Å². The molecule has 0 radical (unpaired) electrons. The number of hydrogen-bond donors (Lipinski definition) is 2. The van der Waals surface area contributed by atoms with Gasteiger partial charge in [0.25, 0.3) is 0 Å². The van der Waals surface area contributed by atoms with Crippen LogP contribution in [0.5, 0.6) is 5.75 Å². The normalized spacial score (nSPS) is 15.3. The lowest BCUT2D eigenvalue weighted by atomic mass is 9.81. The van der Waals surface area contributed by atoms with Crippen LogP contribution in [-0.4, -0.2) is 42.5 Å². The lowest BCUT2D eigenvalue weighted by Crippen LogP contribution is -2.31. The molecule has 158 valence electrons. The quantitative estimate of drug-likeness (QED) is 0.316. The van der Waals surface area contributed by atoms with Crippen molar-refractivity contribution in [3.8, 4) is 5.75 Å². The molecule has 0 aromatic heterocycles. The van der Waals surface area contributed by atoms with E-state index >= 15 is 0 Å². The number of nitrogens with one attached hydrogen (secondary N) is 1. The van der Waals surface area contributed by atoms with Crippen molar-refractivity contribution in [1.82, 2.24) is 10.4 Å². The molecule has 0 amide bonds. The molecule has 1 aliphatic heterocycles. The number of carbonyl (C=O) groups is 1. The molecule has 0 fully saturated rings. The van der Waals surface area contributed by atoms with Crippen LogP contribution in [0.25, 0.3) is 0 Å².